The molecule has 0 aromatic heterocycles. The lowest BCUT2D eigenvalue weighted by Gasteiger charge is -2.25. The van der Waals surface area contributed by atoms with E-state index in [-0.39, 0.29) is 18.4 Å². The summed E-state index contributed by atoms with van der Waals surface area (Å²) in [6.07, 6.45) is 0.477. The van der Waals surface area contributed by atoms with Gasteiger partial charge in [0.2, 0.25) is 0 Å². The van der Waals surface area contributed by atoms with Crippen LogP contribution in [0.1, 0.15) is 33.9 Å². The Morgan fingerprint density at radius 1 is 1.03 bits per heavy atom. The molecule has 0 N–H and O–H groups in total. The Balaban J connectivity index is 1.63. The first-order valence-electron chi connectivity index (χ1n) is 10.7. The Morgan fingerprint density at radius 3 is 2.44 bits per heavy atom. The molecule has 34 heavy (non-hydrogen) atoms. The molecule has 1 atom stereocenters. The highest BCUT2D eigenvalue weighted by atomic mass is 35.5. The fraction of sp³-hybridized carbons (Fsp3) is 0.192. The zero-order chi connectivity index (χ0) is 24.2. The predicted molar refractivity (Wildman–Crippen MR) is 134 cm³/mol. The molecule has 0 bridgehead atoms. The lowest BCUT2D eigenvalue weighted by atomic mass is 9.98. The Bertz CT molecular complexity index is 1260. The highest BCUT2D eigenvalue weighted by Crippen LogP contribution is 2.36. The maximum absolute atomic E-state index is 13.4. The maximum Gasteiger partial charge on any atom is 0.262 e. The second-order valence-corrected chi connectivity index (χ2v) is 8.71. The van der Waals surface area contributed by atoms with Crippen LogP contribution < -0.4 is 4.74 Å². The van der Waals surface area contributed by atoms with Gasteiger partial charge in [0.1, 0.15) is 12.3 Å². The largest absolute Gasteiger partial charge is 0.497 e. The second kappa shape index (κ2) is 10.3. The van der Waals surface area contributed by atoms with E-state index in [1.807, 2.05) is 42.5 Å². The highest BCUT2D eigenvalue weighted by Gasteiger charge is 2.35. The fourth-order valence-electron chi connectivity index (χ4n) is 3.89. The van der Waals surface area contributed by atoms with Crippen LogP contribution in [0.15, 0.2) is 77.9 Å². The molecule has 0 radical (unpaired) electrons. The van der Waals surface area contributed by atoms with Crippen molar-refractivity contribution in [3.8, 4) is 5.75 Å². The average Bonchev–Trinajstić information content (AvgIpc) is 3.29. The zero-order valence-electron chi connectivity index (χ0n) is 18.7. The van der Waals surface area contributed by atoms with Gasteiger partial charge in [0.05, 0.1) is 29.4 Å². The van der Waals surface area contributed by atoms with Gasteiger partial charge in [0.25, 0.3) is 11.8 Å². The Morgan fingerprint density at radius 2 is 1.74 bits per heavy atom. The Hall–Kier alpha value is -3.35. The molecular formula is C26H23Cl2N3O3. The molecule has 0 spiro atoms. The number of carbonyl (C=O) groups is 2. The van der Waals surface area contributed by atoms with Crippen LogP contribution in [0.25, 0.3) is 0 Å². The minimum absolute atomic E-state index is 0.167. The molecule has 3 aromatic carbocycles. The number of methoxy groups -OCH3 is 1. The van der Waals surface area contributed by atoms with Gasteiger partial charge in [0, 0.05) is 24.1 Å². The first kappa shape index (κ1) is 23.8. The molecule has 0 fully saturated rings. The summed E-state index contributed by atoms with van der Waals surface area (Å²) in [7, 11) is 3.17. The number of amides is 2. The topological polar surface area (TPSA) is 62.2 Å². The standard InChI is InChI=1S/C26H23Cl2N3O3/c1-30(26(33)20-11-4-6-13-22(20)28)16-25(32)31-24(19-10-3-5-12-21(19)27)15-23(29-31)17-8-7-9-18(14-17)34-2/h3-14,24H,15-16H2,1-2H3. The van der Waals surface area contributed by atoms with Gasteiger partial charge in [-0.05, 0) is 35.9 Å². The average molecular weight is 496 g/mol. The molecule has 1 unspecified atom stereocenters. The monoisotopic (exact) mass is 495 g/mol. The Kier molecular flexibility index (Phi) is 7.20. The van der Waals surface area contributed by atoms with E-state index in [4.69, 9.17) is 27.9 Å². The molecule has 3 aromatic rings. The molecular weight excluding hydrogens is 473 g/mol. The number of nitrogens with zero attached hydrogens (tertiary/aromatic N) is 3. The van der Waals surface area contributed by atoms with Crippen molar-refractivity contribution < 1.29 is 14.3 Å². The van der Waals surface area contributed by atoms with Gasteiger partial charge >= 0.3 is 0 Å². The van der Waals surface area contributed by atoms with Crippen molar-refractivity contribution >= 4 is 40.7 Å². The van der Waals surface area contributed by atoms with Crippen LogP contribution in [0, 0.1) is 0 Å². The maximum atomic E-state index is 13.4. The van der Waals surface area contributed by atoms with E-state index in [9.17, 15) is 9.59 Å². The number of halogens is 2. The second-order valence-electron chi connectivity index (χ2n) is 7.90. The van der Waals surface area contributed by atoms with Gasteiger partial charge in [-0.15, -0.1) is 0 Å². The Labute approximate surface area is 208 Å². The van der Waals surface area contributed by atoms with E-state index in [1.54, 1.807) is 44.5 Å². The molecule has 0 saturated carbocycles. The molecule has 174 valence electrons. The molecule has 1 aliphatic rings. The summed E-state index contributed by atoms with van der Waals surface area (Å²) in [5.74, 6) is 0.0273. The van der Waals surface area contributed by atoms with Crippen LogP contribution >= 0.6 is 23.2 Å². The van der Waals surface area contributed by atoms with E-state index < -0.39 is 6.04 Å². The van der Waals surface area contributed by atoms with Crippen molar-refractivity contribution in [2.45, 2.75) is 12.5 Å². The first-order chi connectivity index (χ1) is 16.4. The van der Waals surface area contributed by atoms with Crippen molar-refractivity contribution in [2.75, 3.05) is 20.7 Å². The lowest BCUT2D eigenvalue weighted by Crippen LogP contribution is -2.39. The number of carbonyl (C=O) groups excluding carboxylic acids is 2. The van der Waals surface area contributed by atoms with E-state index in [0.717, 1.165) is 16.8 Å². The number of hydrogen-bond donors (Lipinski definition) is 0. The summed E-state index contributed by atoms with van der Waals surface area (Å²) in [6.45, 7) is -0.167. The number of likely N-dealkylation sites (N-methyl/N-ethyl adjacent to an activating group) is 1. The molecule has 8 heteroatoms. The van der Waals surface area contributed by atoms with E-state index >= 15 is 0 Å². The van der Waals surface area contributed by atoms with Crippen LogP contribution in [-0.2, 0) is 4.79 Å². The molecule has 4 rings (SSSR count). The third-order valence-electron chi connectivity index (χ3n) is 5.66. The normalized spacial score (nSPS) is 15.1. The fourth-order valence-corrected chi connectivity index (χ4v) is 4.37. The number of hydrazone groups is 1. The summed E-state index contributed by atoms with van der Waals surface area (Å²) >= 11 is 12.7. The number of hydrogen-bond acceptors (Lipinski definition) is 4. The molecule has 0 saturated heterocycles. The highest BCUT2D eigenvalue weighted by molar-refractivity contribution is 6.33. The predicted octanol–water partition coefficient (Wildman–Crippen LogP) is 5.45. The summed E-state index contributed by atoms with van der Waals surface area (Å²) in [6, 6.07) is 21.3. The van der Waals surface area contributed by atoms with Crippen LogP contribution in [0.3, 0.4) is 0 Å². The molecule has 2 amide bonds. The van der Waals surface area contributed by atoms with Gasteiger partial charge in [-0.25, -0.2) is 5.01 Å². The molecule has 6 nitrogen and oxygen atoms in total. The molecule has 0 aliphatic carbocycles. The van der Waals surface area contributed by atoms with Crippen molar-refractivity contribution in [1.82, 2.24) is 9.91 Å². The number of rotatable bonds is 6. The van der Waals surface area contributed by atoms with Gasteiger partial charge in [-0.1, -0.05) is 65.7 Å². The van der Waals surface area contributed by atoms with Crippen molar-refractivity contribution in [3.63, 3.8) is 0 Å². The van der Waals surface area contributed by atoms with Crippen molar-refractivity contribution in [3.05, 3.63) is 99.5 Å². The van der Waals surface area contributed by atoms with E-state index in [0.29, 0.717) is 27.8 Å². The minimum atomic E-state index is -0.397. The third kappa shape index (κ3) is 4.93. The van der Waals surface area contributed by atoms with Crippen LogP contribution in [0.2, 0.25) is 10.0 Å². The number of ether oxygens (including phenoxy) is 1. The van der Waals surface area contributed by atoms with Gasteiger partial charge in [-0.3, -0.25) is 9.59 Å². The number of benzene rings is 3. The third-order valence-corrected chi connectivity index (χ3v) is 6.33. The first-order valence-corrected chi connectivity index (χ1v) is 11.4. The van der Waals surface area contributed by atoms with E-state index in [2.05, 4.69) is 5.10 Å². The summed E-state index contributed by atoms with van der Waals surface area (Å²) in [4.78, 5) is 27.6. The summed E-state index contributed by atoms with van der Waals surface area (Å²) in [5.41, 5.74) is 2.72. The van der Waals surface area contributed by atoms with Gasteiger partial charge in [-0.2, -0.15) is 5.10 Å². The molecule has 1 heterocycles. The van der Waals surface area contributed by atoms with Crippen molar-refractivity contribution in [1.29, 1.82) is 0 Å². The summed E-state index contributed by atoms with van der Waals surface area (Å²) < 4.78 is 5.34. The SMILES string of the molecule is COc1cccc(C2=NN(C(=O)CN(C)C(=O)c3ccccc3Cl)C(c3ccccc3Cl)C2)c1. The smallest absolute Gasteiger partial charge is 0.262 e. The van der Waals surface area contributed by atoms with Gasteiger partial charge in [0.15, 0.2) is 0 Å². The quantitative estimate of drug-likeness (QED) is 0.456. The zero-order valence-corrected chi connectivity index (χ0v) is 20.3. The van der Waals surface area contributed by atoms with Crippen LogP contribution in [0.4, 0.5) is 0 Å². The lowest BCUT2D eigenvalue weighted by molar-refractivity contribution is -0.133. The van der Waals surface area contributed by atoms with Crippen LogP contribution in [0.5, 0.6) is 5.75 Å². The van der Waals surface area contributed by atoms with Crippen molar-refractivity contribution in [2.24, 2.45) is 5.10 Å². The van der Waals surface area contributed by atoms with Gasteiger partial charge < -0.3 is 9.64 Å². The van der Waals surface area contributed by atoms with E-state index in [1.165, 1.54) is 9.91 Å². The van der Waals surface area contributed by atoms with Crippen LogP contribution in [-0.4, -0.2) is 48.1 Å². The molecule has 1 aliphatic heterocycles. The summed E-state index contributed by atoms with van der Waals surface area (Å²) in [5, 5.41) is 6.96. The minimum Gasteiger partial charge on any atom is -0.497 e.